The highest BCUT2D eigenvalue weighted by molar-refractivity contribution is 6.12. The first-order valence-electron chi connectivity index (χ1n) is 4.46. The van der Waals surface area contributed by atoms with E-state index < -0.39 is 0 Å². The third kappa shape index (κ3) is 1.99. The lowest BCUT2D eigenvalue weighted by molar-refractivity contribution is -0.117. The van der Waals surface area contributed by atoms with Crippen LogP contribution in [-0.2, 0) is 9.53 Å². The standard InChI is InChI=1S/C9H10N4O2/c1-15-6-7-5-8(14)13(12-7)9-10-3-2-4-11-9/h2-4H,5-6H2,1H3. The SMILES string of the molecule is COCC1=NN(c2ncccn2)C(=O)C1. The molecule has 0 spiro atoms. The van der Waals surface area contributed by atoms with Gasteiger partial charge in [-0.2, -0.15) is 10.1 Å². The molecule has 0 saturated heterocycles. The fourth-order valence-corrected chi connectivity index (χ4v) is 1.29. The van der Waals surface area contributed by atoms with E-state index in [1.807, 2.05) is 0 Å². The number of anilines is 1. The first-order valence-corrected chi connectivity index (χ1v) is 4.46. The summed E-state index contributed by atoms with van der Waals surface area (Å²) in [7, 11) is 1.56. The van der Waals surface area contributed by atoms with Crippen LogP contribution >= 0.6 is 0 Å². The molecule has 0 unspecified atom stereocenters. The number of rotatable bonds is 3. The summed E-state index contributed by atoms with van der Waals surface area (Å²) in [6, 6.07) is 1.68. The zero-order valence-corrected chi connectivity index (χ0v) is 8.25. The highest BCUT2D eigenvalue weighted by atomic mass is 16.5. The fraction of sp³-hybridized carbons (Fsp3) is 0.333. The van der Waals surface area contributed by atoms with Gasteiger partial charge in [-0.3, -0.25) is 4.79 Å². The molecule has 0 fully saturated rings. The molecule has 15 heavy (non-hydrogen) atoms. The van der Waals surface area contributed by atoms with Crippen molar-refractivity contribution < 1.29 is 9.53 Å². The molecule has 1 amide bonds. The molecule has 6 nitrogen and oxygen atoms in total. The number of hydrogen-bond acceptors (Lipinski definition) is 5. The van der Waals surface area contributed by atoms with Crippen LogP contribution in [0.25, 0.3) is 0 Å². The predicted octanol–water partition coefficient (Wildman–Crippen LogP) is 0.216. The maximum absolute atomic E-state index is 11.5. The molecule has 0 bridgehead atoms. The summed E-state index contributed by atoms with van der Waals surface area (Å²) in [6.45, 7) is 0.356. The molecule has 0 aromatic carbocycles. The van der Waals surface area contributed by atoms with E-state index in [-0.39, 0.29) is 12.3 Å². The highest BCUT2D eigenvalue weighted by Gasteiger charge is 2.26. The lowest BCUT2D eigenvalue weighted by atomic mass is 10.3. The van der Waals surface area contributed by atoms with Gasteiger partial charge < -0.3 is 4.74 Å². The molecular formula is C9H10N4O2. The van der Waals surface area contributed by atoms with E-state index in [0.717, 1.165) is 0 Å². The first kappa shape index (κ1) is 9.72. The second-order valence-corrected chi connectivity index (χ2v) is 3.03. The lowest BCUT2D eigenvalue weighted by Crippen LogP contribution is -2.21. The van der Waals surface area contributed by atoms with Gasteiger partial charge in [0.15, 0.2) is 0 Å². The van der Waals surface area contributed by atoms with Gasteiger partial charge in [0.05, 0.1) is 18.7 Å². The average molecular weight is 206 g/mol. The van der Waals surface area contributed by atoms with Crippen molar-refractivity contribution in [2.24, 2.45) is 5.10 Å². The van der Waals surface area contributed by atoms with Gasteiger partial charge in [-0.15, -0.1) is 0 Å². The number of nitrogens with zero attached hydrogens (tertiary/aromatic N) is 4. The van der Waals surface area contributed by atoms with Crippen LogP contribution in [0, 0.1) is 0 Å². The van der Waals surface area contributed by atoms with E-state index in [4.69, 9.17) is 4.74 Å². The summed E-state index contributed by atoms with van der Waals surface area (Å²) in [5.74, 6) is 0.168. The van der Waals surface area contributed by atoms with Crippen molar-refractivity contribution in [2.75, 3.05) is 18.7 Å². The number of amides is 1. The van der Waals surface area contributed by atoms with Gasteiger partial charge >= 0.3 is 0 Å². The van der Waals surface area contributed by atoms with Crippen LogP contribution in [-0.4, -0.2) is 35.3 Å². The van der Waals surface area contributed by atoms with Crippen LogP contribution in [0.4, 0.5) is 5.95 Å². The molecule has 1 aromatic heterocycles. The average Bonchev–Trinajstić information content (AvgIpc) is 2.61. The van der Waals surface area contributed by atoms with Gasteiger partial charge in [-0.1, -0.05) is 0 Å². The highest BCUT2D eigenvalue weighted by Crippen LogP contribution is 2.14. The molecule has 1 aliphatic rings. The van der Waals surface area contributed by atoms with E-state index in [1.54, 1.807) is 25.6 Å². The van der Waals surface area contributed by atoms with E-state index in [2.05, 4.69) is 15.1 Å². The Balaban J connectivity index is 2.20. The van der Waals surface area contributed by atoms with Gasteiger partial charge in [0, 0.05) is 19.5 Å². The lowest BCUT2D eigenvalue weighted by Gasteiger charge is -2.07. The number of carbonyl (C=O) groups excluding carboxylic acids is 1. The molecule has 78 valence electrons. The van der Waals surface area contributed by atoms with Gasteiger partial charge in [0.2, 0.25) is 0 Å². The Morgan fingerprint density at radius 3 is 2.87 bits per heavy atom. The normalized spacial score (nSPS) is 15.7. The monoisotopic (exact) mass is 206 g/mol. The summed E-state index contributed by atoms with van der Waals surface area (Å²) in [6.07, 6.45) is 3.41. The van der Waals surface area contributed by atoms with Crippen molar-refractivity contribution >= 4 is 17.6 Å². The summed E-state index contributed by atoms with van der Waals surface area (Å²) < 4.78 is 4.91. The molecule has 0 saturated carbocycles. The van der Waals surface area contributed by atoms with E-state index in [9.17, 15) is 4.79 Å². The molecule has 1 aliphatic heterocycles. The Labute approximate surface area is 86.6 Å². The van der Waals surface area contributed by atoms with Crippen LogP contribution in [0.2, 0.25) is 0 Å². The molecule has 0 N–H and O–H groups in total. The number of carbonyl (C=O) groups is 1. The Morgan fingerprint density at radius 2 is 2.20 bits per heavy atom. The predicted molar refractivity (Wildman–Crippen MR) is 53.4 cm³/mol. The second-order valence-electron chi connectivity index (χ2n) is 3.03. The van der Waals surface area contributed by atoms with Crippen molar-refractivity contribution in [3.63, 3.8) is 0 Å². The number of hydrogen-bond donors (Lipinski definition) is 0. The smallest absolute Gasteiger partial charge is 0.255 e. The van der Waals surface area contributed by atoms with Crippen molar-refractivity contribution in [3.8, 4) is 0 Å². The zero-order valence-electron chi connectivity index (χ0n) is 8.25. The minimum Gasteiger partial charge on any atom is -0.379 e. The zero-order chi connectivity index (χ0) is 10.7. The maximum atomic E-state index is 11.5. The topological polar surface area (TPSA) is 67.7 Å². The summed E-state index contributed by atoms with van der Waals surface area (Å²) >= 11 is 0. The summed E-state index contributed by atoms with van der Waals surface area (Å²) in [4.78, 5) is 19.4. The third-order valence-corrected chi connectivity index (χ3v) is 1.89. The van der Waals surface area contributed by atoms with Crippen molar-refractivity contribution in [3.05, 3.63) is 18.5 Å². The molecular weight excluding hydrogens is 196 g/mol. The van der Waals surface area contributed by atoms with Crippen LogP contribution < -0.4 is 5.01 Å². The van der Waals surface area contributed by atoms with Crippen LogP contribution in [0.1, 0.15) is 6.42 Å². The van der Waals surface area contributed by atoms with Crippen LogP contribution in [0.3, 0.4) is 0 Å². The fourth-order valence-electron chi connectivity index (χ4n) is 1.29. The third-order valence-electron chi connectivity index (χ3n) is 1.89. The quantitative estimate of drug-likeness (QED) is 0.709. The molecule has 6 heteroatoms. The van der Waals surface area contributed by atoms with E-state index in [0.29, 0.717) is 18.3 Å². The molecule has 0 radical (unpaired) electrons. The van der Waals surface area contributed by atoms with E-state index in [1.165, 1.54) is 5.01 Å². The molecule has 1 aromatic rings. The van der Waals surface area contributed by atoms with Gasteiger partial charge in [0.25, 0.3) is 11.9 Å². The Hall–Kier alpha value is -1.82. The molecule has 0 atom stereocenters. The Bertz CT molecular complexity index is 390. The van der Waals surface area contributed by atoms with E-state index >= 15 is 0 Å². The number of hydrazone groups is 1. The first-order chi connectivity index (χ1) is 7.31. The minimum absolute atomic E-state index is 0.131. The molecule has 2 heterocycles. The van der Waals surface area contributed by atoms with Gasteiger partial charge in [-0.05, 0) is 6.07 Å². The Morgan fingerprint density at radius 1 is 1.47 bits per heavy atom. The maximum Gasteiger partial charge on any atom is 0.255 e. The minimum atomic E-state index is -0.131. The second kappa shape index (κ2) is 4.14. The van der Waals surface area contributed by atoms with Crippen LogP contribution in [0.5, 0.6) is 0 Å². The van der Waals surface area contributed by atoms with Crippen molar-refractivity contribution in [1.29, 1.82) is 0 Å². The number of aromatic nitrogens is 2. The molecule has 0 aliphatic carbocycles. The van der Waals surface area contributed by atoms with Crippen LogP contribution in [0.15, 0.2) is 23.6 Å². The van der Waals surface area contributed by atoms with Crippen molar-refractivity contribution in [1.82, 2.24) is 9.97 Å². The summed E-state index contributed by atoms with van der Waals surface area (Å²) in [5, 5.41) is 5.28. The number of ether oxygens (including phenoxy) is 1. The Kier molecular flexibility index (Phi) is 2.68. The van der Waals surface area contributed by atoms with Gasteiger partial charge in [-0.25, -0.2) is 9.97 Å². The number of methoxy groups -OCH3 is 1. The van der Waals surface area contributed by atoms with Gasteiger partial charge in [0.1, 0.15) is 0 Å². The largest absolute Gasteiger partial charge is 0.379 e. The molecule has 2 rings (SSSR count). The van der Waals surface area contributed by atoms with Crippen molar-refractivity contribution in [2.45, 2.75) is 6.42 Å². The summed E-state index contributed by atoms with van der Waals surface area (Å²) in [5.41, 5.74) is 0.690.